The number of ether oxygens (including phenoxy) is 1. The van der Waals surface area contributed by atoms with Crippen LogP contribution in [-0.2, 0) is 4.74 Å². The molecule has 0 aliphatic rings. The Morgan fingerprint density at radius 1 is 0.650 bits per heavy atom. The van der Waals surface area contributed by atoms with Crippen molar-refractivity contribution < 1.29 is 10.2 Å². The van der Waals surface area contributed by atoms with Crippen molar-refractivity contribution in [3.05, 3.63) is 5.21 Å². The van der Waals surface area contributed by atoms with Crippen molar-refractivity contribution in [3.63, 3.8) is 0 Å². The lowest BCUT2D eigenvalue weighted by Gasteiger charge is -2.05. The maximum Gasteiger partial charge on any atom is 0.0774 e. The lowest BCUT2D eigenvalue weighted by Crippen LogP contribution is -2.77. The normalized spacial score (nSPS) is 11.1. The van der Waals surface area contributed by atoms with Gasteiger partial charge in [-0.15, -0.1) is 0 Å². The molecule has 0 aliphatic heterocycles. The molecule has 20 heavy (non-hydrogen) atoms. The molecule has 0 aromatic rings. The Morgan fingerprint density at radius 2 is 1.10 bits per heavy atom. The summed E-state index contributed by atoms with van der Waals surface area (Å²) >= 11 is 0. The fourth-order valence-corrected chi connectivity index (χ4v) is 2.42. The van der Waals surface area contributed by atoms with Gasteiger partial charge in [0.15, 0.2) is 0 Å². The van der Waals surface area contributed by atoms with Crippen LogP contribution in [-0.4, -0.2) is 19.8 Å². The van der Waals surface area contributed by atoms with Crippen LogP contribution in [0.1, 0.15) is 90.4 Å². The molecule has 0 aromatic carbocycles. The van der Waals surface area contributed by atoms with Crippen LogP contribution in [0.5, 0.6) is 0 Å². The van der Waals surface area contributed by atoms with Gasteiger partial charge in [-0.25, -0.2) is 0 Å². The molecule has 122 valence electrons. The van der Waals surface area contributed by atoms with E-state index < -0.39 is 0 Å². The van der Waals surface area contributed by atoms with Gasteiger partial charge in [0.2, 0.25) is 0 Å². The minimum Gasteiger partial charge on any atom is -0.636 e. The largest absolute Gasteiger partial charge is 0.636 e. The van der Waals surface area contributed by atoms with Gasteiger partial charge in [0.05, 0.1) is 13.2 Å². The molecule has 0 rings (SSSR count). The van der Waals surface area contributed by atoms with E-state index in [-0.39, 0.29) is 0 Å². The number of hydrogen-bond donors (Lipinski definition) is 1. The fraction of sp³-hybridized carbons (Fsp3) is 1.00. The highest BCUT2D eigenvalue weighted by Crippen LogP contribution is 2.11. The van der Waals surface area contributed by atoms with Crippen molar-refractivity contribution in [1.82, 2.24) is 0 Å². The van der Waals surface area contributed by atoms with E-state index in [4.69, 9.17) is 4.74 Å². The van der Waals surface area contributed by atoms with Crippen molar-refractivity contribution >= 4 is 0 Å². The van der Waals surface area contributed by atoms with E-state index in [1.807, 2.05) is 0 Å². The molecule has 0 aliphatic carbocycles. The van der Waals surface area contributed by atoms with Crippen molar-refractivity contribution in [3.8, 4) is 0 Å². The highest BCUT2D eigenvalue weighted by atomic mass is 16.5. The van der Waals surface area contributed by atoms with Gasteiger partial charge in [-0.1, -0.05) is 77.6 Å². The average Bonchev–Trinajstić information content (AvgIpc) is 2.47. The molecule has 0 unspecified atom stereocenters. The predicted octanol–water partition coefficient (Wildman–Crippen LogP) is 4.16. The second kappa shape index (κ2) is 18.9. The first-order valence-corrected chi connectivity index (χ1v) is 8.93. The van der Waals surface area contributed by atoms with Crippen LogP contribution in [0.2, 0.25) is 0 Å². The summed E-state index contributed by atoms with van der Waals surface area (Å²) in [4.78, 5) is 0. The first-order valence-electron chi connectivity index (χ1n) is 8.93. The second-order valence-electron chi connectivity index (χ2n) is 5.81. The Morgan fingerprint density at radius 3 is 1.60 bits per heavy atom. The van der Waals surface area contributed by atoms with E-state index in [0.717, 1.165) is 25.1 Å². The van der Waals surface area contributed by atoms with Crippen LogP contribution < -0.4 is 5.48 Å². The lowest BCUT2D eigenvalue weighted by molar-refractivity contribution is -0.589. The summed E-state index contributed by atoms with van der Waals surface area (Å²) in [7, 11) is 0. The predicted molar refractivity (Wildman–Crippen MR) is 86.7 cm³/mol. The van der Waals surface area contributed by atoms with Crippen LogP contribution in [0.25, 0.3) is 0 Å². The molecular formula is C17H37NO2. The third-order valence-corrected chi connectivity index (χ3v) is 3.75. The maximum absolute atomic E-state index is 10.1. The minimum absolute atomic E-state index is 0.637. The number of hydrogen-bond acceptors (Lipinski definition) is 2. The van der Waals surface area contributed by atoms with Gasteiger partial charge in [0.25, 0.3) is 0 Å². The quantitative estimate of drug-likeness (QED) is 0.322. The summed E-state index contributed by atoms with van der Waals surface area (Å²) in [5.41, 5.74) is 0.965. The van der Waals surface area contributed by atoms with Crippen LogP contribution in [0.15, 0.2) is 0 Å². The number of unbranched alkanes of at least 4 members (excludes halogenated alkanes) is 11. The molecule has 0 bridgehead atoms. The maximum atomic E-state index is 10.1. The monoisotopic (exact) mass is 287 g/mol. The first-order chi connectivity index (χ1) is 9.91. The van der Waals surface area contributed by atoms with Gasteiger partial charge in [0, 0.05) is 13.0 Å². The molecule has 0 aromatic heterocycles. The Hall–Kier alpha value is -0.120. The van der Waals surface area contributed by atoms with Crippen molar-refractivity contribution in [2.45, 2.75) is 90.4 Å². The Labute approximate surface area is 126 Å². The average molecular weight is 287 g/mol. The standard InChI is InChI=1S/C17H37NO2/c1-2-3-4-5-6-7-8-9-10-11-12-13-16-20-17-14-15-18-19/h2-18H2,1H3. The van der Waals surface area contributed by atoms with Crippen molar-refractivity contribution in [2.75, 3.05) is 19.8 Å². The highest BCUT2D eigenvalue weighted by molar-refractivity contribution is 4.48. The van der Waals surface area contributed by atoms with Gasteiger partial charge >= 0.3 is 0 Å². The molecule has 3 heteroatoms. The molecule has 0 radical (unpaired) electrons. The summed E-state index contributed by atoms with van der Waals surface area (Å²) in [5, 5.41) is 10.1. The van der Waals surface area contributed by atoms with Crippen molar-refractivity contribution in [2.24, 2.45) is 0 Å². The van der Waals surface area contributed by atoms with Crippen LogP contribution in [0, 0.1) is 5.21 Å². The van der Waals surface area contributed by atoms with E-state index in [0.29, 0.717) is 6.54 Å². The molecule has 0 saturated heterocycles. The molecule has 0 atom stereocenters. The van der Waals surface area contributed by atoms with Gasteiger partial charge in [-0.3, -0.25) is 0 Å². The van der Waals surface area contributed by atoms with Gasteiger partial charge in [-0.2, -0.15) is 0 Å². The zero-order valence-corrected chi connectivity index (χ0v) is 13.7. The zero-order valence-electron chi connectivity index (χ0n) is 13.7. The van der Waals surface area contributed by atoms with Crippen LogP contribution in [0.3, 0.4) is 0 Å². The summed E-state index contributed by atoms with van der Waals surface area (Å²) in [5.74, 6) is 0. The van der Waals surface area contributed by atoms with Gasteiger partial charge < -0.3 is 15.4 Å². The zero-order chi connectivity index (χ0) is 14.7. The Bertz CT molecular complexity index is 147. The molecular weight excluding hydrogens is 250 g/mol. The molecule has 0 heterocycles. The Kier molecular flexibility index (Phi) is 18.8. The summed E-state index contributed by atoms with van der Waals surface area (Å²) in [6.07, 6.45) is 17.4. The molecule has 0 amide bonds. The van der Waals surface area contributed by atoms with E-state index in [1.54, 1.807) is 0 Å². The Balaban J connectivity index is 2.89. The number of rotatable bonds is 17. The van der Waals surface area contributed by atoms with Crippen LogP contribution >= 0.6 is 0 Å². The molecule has 2 N–H and O–H groups in total. The molecule has 0 fully saturated rings. The van der Waals surface area contributed by atoms with E-state index in [9.17, 15) is 5.21 Å². The van der Waals surface area contributed by atoms with Gasteiger partial charge in [0.1, 0.15) is 0 Å². The number of nitrogens with two attached hydrogens (primary N) is 1. The van der Waals surface area contributed by atoms with E-state index in [1.165, 1.54) is 77.0 Å². The summed E-state index contributed by atoms with van der Waals surface area (Å²) in [6.45, 7) is 4.53. The van der Waals surface area contributed by atoms with E-state index in [2.05, 4.69) is 6.92 Å². The van der Waals surface area contributed by atoms with Crippen LogP contribution in [0.4, 0.5) is 0 Å². The molecule has 3 nitrogen and oxygen atoms in total. The number of hydroxylamine groups is 1. The first kappa shape index (κ1) is 19.9. The van der Waals surface area contributed by atoms with Crippen molar-refractivity contribution in [1.29, 1.82) is 0 Å². The highest BCUT2D eigenvalue weighted by Gasteiger charge is 1.94. The summed E-state index contributed by atoms with van der Waals surface area (Å²) in [6, 6.07) is 0. The minimum atomic E-state index is 0.637. The third-order valence-electron chi connectivity index (χ3n) is 3.75. The fourth-order valence-electron chi connectivity index (χ4n) is 2.42. The molecule has 0 saturated carbocycles. The second-order valence-corrected chi connectivity index (χ2v) is 5.81. The number of quaternary nitrogens is 1. The lowest BCUT2D eigenvalue weighted by atomic mass is 10.1. The smallest absolute Gasteiger partial charge is 0.0774 e. The third kappa shape index (κ3) is 17.9. The van der Waals surface area contributed by atoms with Gasteiger partial charge in [-0.05, 0) is 6.42 Å². The topological polar surface area (TPSA) is 48.9 Å². The summed E-state index contributed by atoms with van der Waals surface area (Å²) < 4.78 is 5.47. The SMILES string of the molecule is CCCCCCCCCCCCCCOCCC[NH2+][O-]. The van der Waals surface area contributed by atoms with E-state index >= 15 is 0 Å². The molecule has 0 spiro atoms.